The zero-order valence-corrected chi connectivity index (χ0v) is 9.15. The second kappa shape index (κ2) is 8.34. The lowest BCUT2D eigenvalue weighted by Crippen LogP contribution is -2.34. The van der Waals surface area contributed by atoms with Crippen molar-refractivity contribution in [3.05, 3.63) is 0 Å². The summed E-state index contributed by atoms with van der Waals surface area (Å²) in [4.78, 5) is 11.1. The molecule has 0 radical (unpaired) electrons. The van der Waals surface area contributed by atoms with Gasteiger partial charge in [-0.15, -0.1) is 0 Å². The van der Waals surface area contributed by atoms with E-state index in [2.05, 4.69) is 5.32 Å². The fraction of sp³-hybridized carbons (Fsp3) is 0.875. The van der Waals surface area contributed by atoms with Gasteiger partial charge in [-0.1, -0.05) is 0 Å². The third-order valence-corrected chi connectivity index (χ3v) is 2.14. The second-order valence-electron chi connectivity index (χ2n) is 2.45. The first-order valence-corrected chi connectivity index (χ1v) is 5.45. The van der Waals surface area contributed by atoms with Crippen LogP contribution < -0.4 is 5.32 Å². The summed E-state index contributed by atoms with van der Waals surface area (Å²) >= 11 is 1.65. The number of hydrogen-bond donors (Lipinski definition) is 1. The van der Waals surface area contributed by atoms with Crippen molar-refractivity contribution in [2.24, 2.45) is 0 Å². The molecule has 0 aliphatic rings. The lowest BCUT2D eigenvalue weighted by Gasteiger charge is -2.13. The van der Waals surface area contributed by atoms with Gasteiger partial charge in [0.15, 0.2) is 6.29 Å². The molecule has 0 atom stereocenters. The second-order valence-corrected chi connectivity index (χ2v) is 3.43. The summed E-state index contributed by atoms with van der Waals surface area (Å²) < 4.78 is 9.82. The van der Waals surface area contributed by atoms with Gasteiger partial charge in [0.2, 0.25) is 5.91 Å². The predicted molar refractivity (Wildman–Crippen MR) is 53.8 cm³/mol. The Morgan fingerprint density at radius 2 is 2.08 bits per heavy atom. The van der Waals surface area contributed by atoms with E-state index in [-0.39, 0.29) is 12.2 Å². The molecule has 1 amide bonds. The zero-order valence-electron chi connectivity index (χ0n) is 8.33. The van der Waals surface area contributed by atoms with Gasteiger partial charge in [0, 0.05) is 26.4 Å². The Hall–Kier alpha value is -0.260. The van der Waals surface area contributed by atoms with Crippen molar-refractivity contribution in [2.45, 2.75) is 12.7 Å². The Balaban J connectivity index is 3.44. The predicted octanol–water partition coefficient (Wildman–Crippen LogP) is 0.475. The van der Waals surface area contributed by atoms with Crippen molar-refractivity contribution in [1.82, 2.24) is 5.32 Å². The van der Waals surface area contributed by atoms with Crippen LogP contribution in [0.15, 0.2) is 0 Å². The Bertz CT molecular complexity index is 139. The molecule has 0 spiro atoms. The molecule has 78 valence electrons. The van der Waals surface area contributed by atoms with E-state index in [0.29, 0.717) is 13.0 Å². The number of thioether (sulfide) groups is 1. The molecule has 1 N–H and O–H groups in total. The number of ether oxygens (including phenoxy) is 2. The van der Waals surface area contributed by atoms with Crippen LogP contribution in [0.5, 0.6) is 0 Å². The number of methoxy groups -OCH3 is 2. The van der Waals surface area contributed by atoms with E-state index in [1.165, 1.54) is 0 Å². The molecule has 4 nitrogen and oxygen atoms in total. The molecular weight excluding hydrogens is 190 g/mol. The molecular formula is C8H17NO3S. The Labute approximate surface area is 83.4 Å². The van der Waals surface area contributed by atoms with Crippen LogP contribution in [0.4, 0.5) is 0 Å². The first kappa shape index (κ1) is 12.7. The highest BCUT2D eigenvalue weighted by Crippen LogP contribution is 1.95. The molecule has 0 aliphatic carbocycles. The Morgan fingerprint density at radius 3 is 2.54 bits per heavy atom. The van der Waals surface area contributed by atoms with Crippen LogP contribution in [0.1, 0.15) is 6.42 Å². The highest BCUT2D eigenvalue weighted by Gasteiger charge is 2.06. The van der Waals surface area contributed by atoms with Crippen LogP contribution in [0, 0.1) is 0 Å². The number of nitrogens with one attached hydrogen (secondary N) is 1. The van der Waals surface area contributed by atoms with Crippen molar-refractivity contribution in [3.8, 4) is 0 Å². The first-order valence-electron chi connectivity index (χ1n) is 4.05. The van der Waals surface area contributed by atoms with E-state index in [1.54, 1.807) is 26.0 Å². The quantitative estimate of drug-likeness (QED) is 0.617. The molecule has 0 saturated heterocycles. The lowest BCUT2D eigenvalue weighted by atomic mass is 10.4. The van der Waals surface area contributed by atoms with Crippen LogP contribution in [-0.2, 0) is 14.3 Å². The number of amides is 1. The molecule has 0 fully saturated rings. The van der Waals surface area contributed by atoms with E-state index in [9.17, 15) is 4.79 Å². The van der Waals surface area contributed by atoms with E-state index in [1.807, 2.05) is 6.26 Å². The molecule has 0 unspecified atom stereocenters. The van der Waals surface area contributed by atoms with Crippen molar-refractivity contribution < 1.29 is 14.3 Å². The first-order chi connectivity index (χ1) is 6.24. The van der Waals surface area contributed by atoms with Crippen LogP contribution in [0.2, 0.25) is 0 Å². The Kier molecular flexibility index (Phi) is 8.18. The monoisotopic (exact) mass is 207 g/mol. The largest absolute Gasteiger partial charge is 0.354 e. The topological polar surface area (TPSA) is 47.6 Å². The highest BCUT2D eigenvalue weighted by atomic mass is 32.2. The minimum atomic E-state index is -0.349. The van der Waals surface area contributed by atoms with E-state index < -0.39 is 0 Å². The summed E-state index contributed by atoms with van der Waals surface area (Å²) in [6.45, 7) is 0.403. The normalized spacial score (nSPS) is 10.5. The van der Waals surface area contributed by atoms with E-state index in [0.717, 1.165) is 5.75 Å². The number of rotatable bonds is 7. The molecule has 13 heavy (non-hydrogen) atoms. The van der Waals surface area contributed by atoms with Crippen molar-refractivity contribution in [2.75, 3.05) is 32.8 Å². The molecule has 0 aromatic heterocycles. The summed E-state index contributed by atoms with van der Waals surface area (Å²) in [5.74, 6) is 0.879. The fourth-order valence-electron chi connectivity index (χ4n) is 0.743. The number of carbonyl (C=O) groups excluding carboxylic acids is 1. The average molecular weight is 207 g/mol. The standard InChI is InChI=1S/C8H17NO3S/c1-11-8(12-2)6-9-7(10)4-5-13-3/h8H,4-6H2,1-3H3,(H,9,10). The molecule has 0 saturated carbocycles. The van der Waals surface area contributed by atoms with E-state index in [4.69, 9.17) is 9.47 Å². The van der Waals surface area contributed by atoms with Crippen molar-refractivity contribution in [1.29, 1.82) is 0 Å². The highest BCUT2D eigenvalue weighted by molar-refractivity contribution is 7.98. The summed E-state index contributed by atoms with van der Waals surface area (Å²) in [7, 11) is 3.09. The summed E-state index contributed by atoms with van der Waals surface area (Å²) in [5, 5.41) is 2.72. The fourth-order valence-corrected chi connectivity index (χ4v) is 1.13. The van der Waals surface area contributed by atoms with Gasteiger partial charge in [0.05, 0.1) is 6.54 Å². The van der Waals surface area contributed by atoms with Gasteiger partial charge < -0.3 is 14.8 Å². The summed E-state index contributed by atoms with van der Waals surface area (Å²) in [6.07, 6.45) is 2.17. The molecule has 0 aromatic carbocycles. The summed E-state index contributed by atoms with van der Waals surface area (Å²) in [6, 6.07) is 0. The van der Waals surface area contributed by atoms with Gasteiger partial charge in [0.1, 0.15) is 0 Å². The van der Waals surface area contributed by atoms with Gasteiger partial charge in [-0.3, -0.25) is 4.79 Å². The maximum atomic E-state index is 11.1. The molecule has 0 aliphatic heterocycles. The van der Waals surface area contributed by atoms with Crippen molar-refractivity contribution >= 4 is 17.7 Å². The Morgan fingerprint density at radius 1 is 1.46 bits per heavy atom. The molecule has 0 aromatic rings. The minimum absolute atomic E-state index is 0.0356. The molecule has 0 rings (SSSR count). The van der Waals surface area contributed by atoms with Gasteiger partial charge in [0.25, 0.3) is 0 Å². The number of hydrogen-bond acceptors (Lipinski definition) is 4. The van der Waals surface area contributed by atoms with Gasteiger partial charge in [-0.25, -0.2) is 0 Å². The SMILES string of the molecule is COC(CNC(=O)CCSC)OC. The van der Waals surface area contributed by atoms with Crippen LogP contribution in [0.25, 0.3) is 0 Å². The third kappa shape index (κ3) is 6.86. The summed E-state index contributed by atoms with van der Waals surface area (Å²) in [5.41, 5.74) is 0. The molecule has 5 heteroatoms. The lowest BCUT2D eigenvalue weighted by molar-refractivity contribution is -0.127. The van der Waals surface area contributed by atoms with Crippen LogP contribution in [0.3, 0.4) is 0 Å². The maximum Gasteiger partial charge on any atom is 0.221 e. The minimum Gasteiger partial charge on any atom is -0.354 e. The smallest absolute Gasteiger partial charge is 0.221 e. The van der Waals surface area contributed by atoms with Crippen LogP contribution in [-0.4, -0.2) is 45.0 Å². The van der Waals surface area contributed by atoms with Gasteiger partial charge in [-0.2, -0.15) is 11.8 Å². The maximum absolute atomic E-state index is 11.1. The van der Waals surface area contributed by atoms with Crippen molar-refractivity contribution in [3.63, 3.8) is 0 Å². The number of carbonyl (C=O) groups is 1. The van der Waals surface area contributed by atoms with Crippen LogP contribution >= 0.6 is 11.8 Å². The van der Waals surface area contributed by atoms with E-state index >= 15 is 0 Å². The van der Waals surface area contributed by atoms with Gasteiger partial charge >= 0.3 is 0 Å². The van der Waals surface area contributed by atoms with Gasteiger partial charge in [-0.05, 0) is 6.26 Å². The zero-order chi connectivity index (χ0) is 10.1. The average Bonchev–Trinajstić information content (AvgIpc) is 2.16. The third-order valence-electron chi connectivity index (χ3n) is 1.52. The molecule has 0 heterocycles. The molecule has 0 bridgehead atoms.